The van der Waals surface area contributed by atoms with Gasteiger partial charge in [0, 0.05) is 33.0 Å². The number of hydrogen-bond acceptors (Lipinski definition) is 4. The molecule has 0 saturated carbocycles. The Morgan fingerprint density at radius 1 is 0.408 bits per heavy atom. The lowest BCUT2D eigenvalue weighted by atomic mass is 9.96. The first-order chi connectivity index (χ1) is 26.4. The third-order valence-corrected chi connectivity index (χ3v) is 8.61. The van der Waals surface area contributed by atoms with Crippen molar-refractivity contribution in [3.8, 4) is 67.5 Å². The van der Waals surface area contributed by atoms with Crippen molar-refractivity contribution < 1.29 is 11.3 Å². The molecule has 7 aromatic carbocycles. The van der Waals surface area contributed by atoms with Gasteiger partial charge in [-0.15, -0.1) is 0 Å². The van der Waals surface area contributed by atoms with Crippen LogP contribution in [0.4, 0.5) is 0 Å². The van der Waals surface area contributed by atoms with Crippen LogP contribution in [0.3, 0.4) is 0 Å². The summed E-state index contributed by atoms with van der Waals surface area (Å²) < 4.78 is 48.5. The van der Waals surface area contributed by atoms with Crippen LogP contribution < -0.4 is 0 Å². The second-order valence-electron chi connectivity index (χ2n) is 11.7. The average Bonchev–Trinajstić information content (AvgIpc) is 3.63. The van der Waals surface area contributed by atoms with Gasteiger partial charge in [-0.3, -0.25) is 0 Å². The van der Waals surface area contributed by atoms with E-state index in [1.165, 1.54) is 0 Å². The predicted octanol–water partition coefficient (Wildman–Crippen LogP) is 11.8. The zero-order valence-electron chi connectivity index (χ0n) is 31.1. The molecule has 0 aliphatic rings. The zero-order valence-corrected chi connectivity index (χ0v) is 26.1. The zero-order chi connectivity index (χ0) is 36.9. The Balaban J connectivity index is 1.29. The summed E-state index contributed by atoms with van der Waals surface area (Å²) in [5, 5.41) is 1.44. The molecule has 0 radical (unpaired) electrons. The molecule has 0 aliphatic heterocycles. The molecule has 0 spiro atoms. The van der Waals surface area contributed by atoms with Gasteiger partial charge in [-0.1, -0.05) is 152 Å². The molecule has 4 nitrogen and oxygen atoms in total. The lowest BCUT2D eigenvalue weighted by molar-refractivity contribution is 0.670. The summed E-state index contributed by atoms with van der Waals surface area (Å²) >= 11 is 0. The second kappa shape index (κ2) is 12.2. The van der Waals surface area contributed by atoms with Crippen LogP contribution in [0.25, 0.3) is 89.5 Å². The van der Waals surface area contributed by atoms with E-state index in [1.54, 1.807) is 12.1 Å². The quantitative estimate of drug-likeness (QED) is 0.183. The van der Waals surface area contributed by atoms with E-state index in [-0.39, 0.29) is 17.6 Å². The highest BCUT2D eigenvalue weighted by Crippen LogP contribution is 2.40. The minimum atomic E-state index is -0.446. The lowest BCUT2D eigenvalue weighted by Gasteiger charge is -2.13. The van der Waals surface area contributed by atoms with Gasteiger partial charge in [-0.2, -0.15) is 0 Å². The Kier molecular flexibility index (Phi) is 5.87. The number of fused-ring (bicyclic) bond motifs is 3. The van der Waals surface area contributed by atoms with E-state index < -0.39 is 18.1 Å². The average molecular weight is 633 g/mol. The summed E-state index contributed by atoms with van der Waals surface area (Å²) in [4.78, 5) is 15.3. The largest absolute Gasteiger partial charge is 0.455 e. The molecule has 2 aromatic heterocycles. The van der Waals surface area contributed by atoms with E-state index in [0.29, 0.717) is 45.2 Å². The van der Waals surface area contributed by atoms with E-state index in [4.69, 9.17) is 26.2 Å². The summed E-state index contributed by atoms with van der Waals surface area (Å²) in [5.74, 6) is 1.44. The first-order valence-corrected chi connectivity index (χ1v) is 16.0. The molecule has 2 heterocycles. The van der Waals surface area contributed by atoms with Crippen LogP contribution in [0.1, 0.15) is 6.85 Å². The van der Waals surface area contributed by atoms with Gasteiger partial charge in [-0.25, -0.2) is 15.0 Å². The summed E-state index contributed by atoms with van der Waals surface area (Å²) in [6.07, 6.45) is 0. The lowest BCUT2D eigenvalue weighted by Crippen LogP contribution is -2.01. The molecule has 0 bridgehead atoms. The fourth-order valence-electron chi connectivity index (χ4n) is 6.31. The fraction of sp³-hybridized carbons (Fsp3) is 0. The number of para-hydroxylation sites is 1. The van der Waals surface area contributed by atoms with Crippen molar-refractivity contribution in [1.29, 1.82) is 0 Å². The van der Waals surface area contributed by atoms with Gasteiger partial charge in [0.25, 0.3) is 0 Å². The number of hydrogen-bond donors (Lipinski definition) is 0. The van der Waals surface area contributed by atoms with Crippen LogP contribution in [0, 0.1) is 0 Å². The highest BCUT2D eigenvalue weighted by atomic mass is 16.3. The van der Waals surface area contributed by atoms with Crippen LogP contribution in [-0.2, 0) is 0 Å². The van der Waals surface area contributed by atoms with Crippen molar-refractivity contribution >= 4 is 21.9 Å². The Labute approximate surface area is 291 Å². The molecule has 0 N–H and O–H groups in total. The Morgan fingerprint density at radius 3 is 1.59 bits per heavy atom. The maximum atomic E-state index is 8.67. The molecule has 0 unspecified atom stereocenters. The highest BCUT2D eigenvalue weighted by molar-refractivity contribution is 6.15. The molecule has 9 rings (SSSR count). The van der Waals surface area contributed by atoms with Crippen LogP contribution in [-0.4, -0.2) is 15.0 Å². The van der Waals surface area contributed by atoms with Crippen LogP contribution >= 0.6 is 0 Å². The molecule has 0 aliphatic carbocycles. The van der Waals surface area contributed by atoms with E-state index in [2.05, 4.69) is 42.5 Å². The molecular formula is C45H29N3O. The van der Waals surface area contributed by atoms with E-state index in [0.717, 1.165) is 38.8 Å². The molecule has 4 heteroatoms. The maximum Gasteiger partial charge on any atom is 0.164 e. The number of aromatic nitrogens is 3. The molecule has 0 fully saturated rings. The van der Waals surface area contributed by atoms with Crippen LogP contribution in [0.2, 0.25) is 0 Å². The normalized spacial score (nSPS) is 12.7. The number of furan rings is 1. The van der Waals surface area contributed by atoms with Crippen molar-refractivity contribution in [3.05, 3.63) is 176 Å². The van der Waals surface area contributed by atoms with Gasteiger partial charge in [0.1, 0.15) is 11.2 Å². The second-order valence-corrected chi connectivity index (χ2v) is 11.7. The van der Waals surface area contributed by atoms with Gasteiger partial charge in [0.05, 0.1) is 6.85 Å². The summed E-state index contributed by atoms with van der Waals surface area (Å²) in [6.45, 7) is 0. The topological polar surface area (TPSA) is 51.8 Å². The highest BCUT2D eigenvalue weighted by Gasteiger charge is 2.20. The maximum absolute atomic E-state index is 8.67. The molecule has 9 aromatic rings. The molecule has 0 saturated heterocycles. The minimum absolute atomic E-state index is 0.0773. The van der Waals surface area contributed by atoms with Crippen molar-refractivity contribution in [3.63, 3.8) is 0 Å². The third-order valence-electron chi connectivity index (χ3n) is 8.61. The number of nitrogens with zero attached hydrogens (tertiary/aromatic N) is 3. The van der Waals surface area contributed by atoms with Gasteiger partial charge in [0.2, 0.25) is 0 Å². The summed E-state index contributed by atoms with van der Waals surface area (Å²) in [7, 11) is 0. The first kappa shape index (κ1) is 23.6. The summed E-state index contributed by atoms with van der Waals surface area (Å²) in [5.41, 5.74) is 7.97. The molecule has 49 heavy (non-hydrogen) atoms. The Hall–Kier alpha value is -6.65. The monoisotopic (exact) mass is 632 g/mol. The van der Waals surface area contributed by atoms with Crippen molar-refractivity contribution in [2.45, 2.75) is 0 Å². The van der Waals surface area contributed by atoms with Gasteiger partial charge < -0.3 is 4.42 Å². The van der Waals surface area contributed by atoms with E-state index in [1.807, 2.05) is 91.0 Å². The molecule has 0 amide bonds. The van der Waals surface area contributed by atoms with Gasteiger partial charge >= 0.3 is 0 Å². The number of benzene rings is 7. The Bertz CT molecular complexity index is 2790. The van der Waals surface area contributed by atoms with E-state index in [9.17, 15) is 0 Å². The molecule has 0 atom stereocenters. The smallest absolute Gasteiger partial charge is 0.164 e. The predicted molar refractivity (Wildman–Crippen MR) is 200 cm³/mol. The van der Waals surface area contributed by atoms with Gasteiger partial charge in [-0.05, 0) is 52.1 Å². The third kappa shape index (κ3) is 5.35. The van der Waals surface area contributed by atoms with Crippen molar-refractivity contribution in [1.82, 2.24) is 15.0 Å². The summed E-state index contributed by atoms with van der Waals surface area (Å²) in [6, 6.07) is 45.9. The Morgan fingerprint density at radius 2 is 0.939 bits per heavy atom. The molecular weight excluding hydrogens is 599 g/mol. The van der Waals surface area contributed by atoms with Crippen LogP contribution in [0.15, 0.2) is 180 Å². The van der Waals surface area contributed by atoms with Crippen molar-refractivity contribution in [2.24, 2.45) is 0 Å². The standard InChI is InChI=1S/C45H29N3O/c1-5-15-30(16-6-1)34-27-35(31-17-7-2-8-18-31)29-36(28-34)44-46-43(33-21-11-4-12-22-33)47-45(48-44)39-25-14-26-40-41(39)38-24-13-23-37(42(38)49-40)32-19-9-3-10-20-32/h1-29H/i3D,9D,10D,19D,20D. The minimum Gasteiger partial charge on any atom is -0.455 e. The first-order valence-electron chi connectivity index (χ1n) is 18.5. The van der Waals surface area contributed by atoms with E-state index >= 15 is 0 Å². The van der Waals surface area contributed by atoms with Crippen LogP contribution in [0.5, 0.6) is 0 Å². The fourth-order valence-corrected chi connectivity index (χ4v) is 6.31. The van der Waals surface area contributed by atoms with Gasteiger partial charge in [0.15, 0.2) is 17.5 Å². The SMILES string of the molecule is [2H]c1c([2H])c([2H])c(-c2cccc3c2oc2cccc(-c4nc(-c5ccccc5)nc(-c5cc(-c6ccccc6)cc(-c6ccccc6)c5)n4)c23)c([2H])c1[2H]. The molecule has 230 valence electrons. The van der Waals surface area contributed by atoms with Crippen molar-refractivity contribution in [2.75, 3.05) is 0 Å². The number of rotatable bonds is 6.